The van der Waals surface area contributed by atoms with Crippen LogP contribution in [0.5, 0.6) is 0 Å². The predicted molar refractivity (Wildman–Crippen MR) is 63.2 cm³/mol. The van der Waals surface area contributed by atoms with Gasteiger partial charge in [-0.05, 0) is 12.1 Å². The molecule has 0 saturated heterocycles. The zero-order chi connectivity index (χ0) is 12.6. The number of hydrogen-bond acceptors (Lipinski definition) is 4. The summed E-state index contributed by atoms with van der Waals surface area (Å²) in [5, 5.41) is 11.0. The third-order valence-corrected chi connectivity index (χ3v) is 3.47. The van der Waals surface area contributed by atoms with E-state index in [9.17, 15) is 8.42 Å². The normalized spacial score (nSPS) is 11.7. The van der Waals surface area contributed by atoms with Gasteiger partial charge >= 0.3 is 0 Å². The number of aromatic nitrogens is 3. The molecular weight excluding hydrogens is 287 g/mol. The molecular formula is C8H6Cl2N4O2S. The van der Waals surface area contributed by atoms with Crippen molar-refractivity contribution >= 4 is 33.2 Å². The van der Waals surface area contributed by atoms with E-state index in [1.165, 1.54) is 0 Å². The average Bonchev–Trinajstić information content (AvgIpc) is 2.70. The molecule has 6 nitrogen and oxygen atoms in total. The lowest BCUT2D eigenvalue weighted by Crippen LogP contribution is -2.13. The highest BCUT2D eigenvalue weighted by atomic mass is 35.5. The molecule has 3 N–H and O–H groups in total. The lowest BCUT2D eigenvalue weighted by Gasteiger charge is -2.00. The van der Waals surface area contributed by atoms with E-state index in [4.69, 9.17) is 28.3 Å². The molecule has 0 bridgehead atoms. The Morgan fingerprint density at radius 3 is 2.59 bits per heavy atom. The molecule has 0 atom stereocenters. The Hall–Kier alpha value is -1.15. The summed E-state index contributed by atoms with van der Waals surface area (Å²) in [6, 6.07) is 4.86. The van der Waals surface area contributed by atoms with Gasteiger partial charge in [-0.3, -0.25) is 0 Å². The minimum absolute atomic E-state index is 0.113. The van der Waals surface area contributed by atoms with Gasteiger partial charge in [0.2, 0.25) is 0 Å². The van der Waals surface area contributed by atoms with Gasteiger partial charge in [0.1, 0.15) is 0 Å². The van der Waals surface area contributed by atoms with Crippen molar-refractivity contribution in [2.45, 2.75) is 5.16 Å². The van der Waals surface area contributed by atoms with Crippen molar-refractivity contribution in [2.24, 2.45) is 5.14 Å². The molecule has 0 unspecified atom stereocenters. The number of hydrogen-bond donors (Lipinski definition) is 2. The van der Waals surface area contributed by atoms with E-state index in [0.717, 1.165) is 0 Å². The summed E-state index contributed by atoms with van der Waals surface area (Å²) in [6.45, 7) is 0. The monoisotopic (exact) mass is 292 g/mol. The fourth-order valence-electron chi connectivity index (χ4n) is 1.17. The van der Waals surface area contributed by atoms with Crippen molar-refractivity contribution in [2.75, 3.05) is 0 Å². The first-order chi connectivity index (χ1) is 7.89. The van der Waals surface area contributed by atoms with Crippen LogP contribution in [0.3, 0.4) is 0 Å². The average molecular weight is 293 g/mol. The van der Waals surface area contributed by atoms with Crippen molar-refractivity contribution in [3.05, 3.63) is 28.2 Å². The van der Waals surface area contributed by atoms with E-state index in [1.807, 2.05) is 0 Å². The summed E-state index contributed by atoms with van der Waals surface area (Å²) in [5.74, 6) is 0.113. The predicted octanol–water partition coefficient (Wildman–Crippen LogP) is 1.43. The van der Waals surface area contributed by atoms with Gasteiger partial charge in [0.05, 0.1) is 10.0 Å². The van der Waals surface area contributed by atoms with Crippen molar-refractivity contribution < 1.29 is 8.42 Å². The summed E-state index contributed by atoms with van der Waals surface area (Å²) in [7, 11) is -3.92. The van der Waals surface area contributed by atoms with E-state index in [1.54, 1.807) is 18.2 Å². The molecule has 9 heteroatoms. The number of benzene rings is 1. The van der Waals surface area contributed by atoms with Crippen molar-refractivity contribution in [3.8, 4) is 11.4 Å². The lowest BCUT2D eigenvalue weighted by atomic mass is 10.2. The highest BCUT2D eigenvalue weighted by Gasteiger charge is 2.17. The molecule has 0 saturated carbocycles. The first-order valence-corrected chi connectivity index (χ1v) is 6.59. The number of halogens is 2. The third-order valence-electron chi connectivity index (χ3n) is 1.93. The number of nitrogens with one attached hydrogen (secondary N) is 1. The molecule has 90 valence electrons. The molecule has 1 aromatic heterocycles. The second kappa shape index (κ2) is 4.26. The highest BCUT2D eigenvalue weighted by molar-refractivity contribution is 7.89. The number of aromatic amines is 1. The number of primary sulfonamides is 1. The van der Waals surface area contributed by atoms with Crippen molar-refractivity contribution in [3.63, 3.8) is 0 Å². The quantitative estimate of drug-likeness (QED) is 0.874. The van der Waals surface area contributed by atoms with Gasteiger partial charge in [-0.25, -0.2) is 18.7 Å². The fraction of sp³-hybridized carbons (Fsp3) is 0. The van der Waals surface area contributed by atoms with E-state index >= 15 is 0 Å². The summed E-state index contributed by atoms with van der Waals surface area (Å²) in [5.41, 5.74) is 0.422. The van der Waals surface area contributed by atoms with E-state index in [-0.39, 0.29) is 10.8 Å². The van der Waals surface area contributed by atoms with Crippen LogP contribution in [-0.4, -0.2) is 23.6 Å². The number of nitrogens with zero attached hydrogens (tertiary/aromatic N) is 2. The van der Waals surface area contributed by atoms with Gasteiger partial charge in [0.25, 0.3) is 15.2 Å². The third kappa shape index (κ3) is 2.42. The lowest BCUT2D eigenvalue weighted by molar-refractivity contribution is 0.589. The Morgan fingerprint density at radius 2 is 2.00 bits per heavy atom. The van der Waals surface area contributed by atoms with Gasteiger partial charge < -0.3 is 0 Å². The topological polar surface area (TPSA) is 102 Å². The molecule has 0 aliphatic heterocycles. The summed E-state index contributed by atoms with van der Waals surface area (Å²) < 4.78 is 22.0. The molecule has 0 fully saturated rings. The fourth-order valence-corrected chi connectivity index (χ4v) is 1.94. The van der Waals surface area contributed by atoms with Gasteiger partial charge in [0, 0.05) is 5.56 Å². The van der Waals surface area contributed by atoms with Crippen LogP contribution >= 0.6 is 23.2 Å². The van der Waals surface area contributed by atoms with Crippen LogP contribution in [0, 0.1) is 0 Å². The Balaban J connectivity index is 2.55. The van der Waals surface area contributed by atoms with Gasteiger partial charge in [-0.1, -0.05) is 29.3 Å². The van der Waals surface area contributed by atoms with Crippen molar-refractivity contribution in [1.29, 1.82) is 0 Å². The molecule has 17 heavy (non-hydrogen) atoms. The number of H-pyrrole nitrogens is 1. The SMILES string of the molecule is NS(=O)(=O)c1nc(-c2cccc(Cl)c2Cl)n[nH]1. The van der Waals surface area contributed by atoms with Crippen molar-refractivity contribution in [1.82, 2.24) is 15.2 Å². The first-order valence-electron chi connectivity index (χ1n) is 4.29. The minimum atomic E-state index is -3.92. The smallest absolute Gasteiger partial charge is 0.248 e. The van der Waals surface area contributed by atoms with Crippen LogP contribution in [0.2, 0.25) is 10.0 Å². The Morgan fingerprint density at radius 1 is 1.29 bits per heavy atom. The minimum Gasteiger partial charge on any atom is -0.248 e. The van der Waals surface area contributed by atoms with Crippen LogP contribution in [0.25, 0.3) is 11.4 Å². The first kappa shape index (κ1) is 12.3. The molecule has 0 spiro atoms. The zero-order valence-electron chi connectivity index (χ0n) is 8.18. The Labute approximate surface area is 107 Å². The Bertz CT molecular complexity index is 668. The van der Waals surface area contributed by atoms with Crippen LogP contribution in [0.1, 0.15) is 0 Å². The molecule has 0 aliphatic carbocycles. The largest absolute Gasteiger partial charge is 0.273 e. The van der Waals surface area contributed by atoms with E-state index < -0.39 is 15.2 Å². The second-order valence-corrected chi connectivity index (χ2v) is 5.37. The molecule has 0 amide bonds. The maximum Gasteiger partial charge on any atom is 0.273 e. The zero-order valence-corrected chi connectivity index (χ0v) is 10.5. The maximum absolute atomic E-state index is 11.0. The number of nitrogens with two attached hydrogens (primary N) is 1. The van der Waals surface area contributed by atoms with Crippen LogP contribution in [0.15, 0.2) is 23.4 Å². The number of rotatable bonds is 2. The van der Waals surface area contributed by atoms with Gasteiger partial charge in [-0.2, -0.15) is 10.1 Å². The molecule has 1 heterocycles. The molecule has 2 rings (SSSR count). The van der Waals surface area contributed by atoms with E-state index in [2.05, 4.69) is 15.2 Å². The van der Waals surface area contributed by atoms with E-state index in [0.29, 0.717) is 10.6 Å². The number of sulfonamides is 1. The standard InChI is InChI=1S/C8H6Cl2N4O2S/c9-5-3-1-2-4(6(5)10)7-12-8(14-13-7)17(11,15)16/h1-3H,(H2,11,15,16)(H,12,13,14). The summed E-state index contributed by atoms with van der Waals surface area (Å²) in [4.78, 5) is 3.73. The van der Waals surface area contributed by atoms with Gasteiger partial charge in [-0.15, -0.1) is 0 Å². The second-order valence-electron chi connectivity index (χ2n) is 3.11. The van der Waals surface area contributed by atoms with Gasteiger partial charge in [0.15, 0.2) is 5.82 Å². The highest BCUT2D eigenvalue weighted by Crippen LogP contribution is 2.31. The Kier molecular flexibility index (Phi) is 3.09. The summed E-state index contributed by atoms with van der Waals surface area (Å²) >= 11 is 11.8. The van der Waals surface area contributed by atoms with Crippen LogP contribution < -0.4 is 5.14 Å². The molecule has 0 aliphatic rings. The molecule has 2 aromatic rings. The molecule has 1 aromatic carbocycles. The maximum atomic E-state index is 11.0. The summed E-state index contributed by atoms with van der Waals surface area (Å²) in [6.07, 6.45) is 0. The molecule has 0 radical (unpaired) electrons. The van der Waals surface area contributed by atoms with Crippen LogP contribution in [-0.2, 0) is 10.0 Å². The van der Waals surface area contributed by atoms with Crippen LogP contribution in [0.4, 0.5) is 0 Å².